The van der Waals surface area contributed by atoms with Crippen molar-refractivity contribution < 1.29 is 4.79 Å². The predicted molar refractivity (Wildman–Crippen MR) is 98.9 cm³/mol. The van der Waals surface area contributed by atoms with Gasteiger partial charge < -0.3 is 0 Å². The summed E-state index contributed by atoms with van der Waals surface area (Å²) in [5.74, 6) is 0.726. The number of carbonyl (C=O) groups excluding carboxylic acids is 1. The normalized spacial score (nSPS) is 19.3. The number of hydrogen-bond donors (Lipinski definition) is 1. The van der Waals surface area contributed by atoms with E-state index in [9.17, 15) is 4.79 Å². The van der Waals surface area contributed by atoms with Crippen molar-refractivity contribution in [2.75, 3.05) is 18.0 Å². The summed E-state index contributed by atoms with van der Waals surface area (Å²) in [7, 11) is 0. The van der Waals surface area contributed by atoms with Gasteiger partial charge in [-0.25, -0.2) is 4.98 Å². The van der Waals surface area contributed by atoms with Crippen LogP contribution in [-0.2, 0) is 11.3 Å². The number of aryl methyl sites for hydroxylation is 1. The van der Waals surface area contributed by atoms with E-state index in [1.54, 1.807) is 18.3 Å². The fraction of sp³-hybridized carbons (Fsp3) is 0.611. The molecule has 1 saturated heterocycles. The van der Waals surface area contributed by atoms with E-state index >= 15 is 0 Å². The third kappa shape index (κ3) is 3.62. The van der Waals surface area contributed by atoms with Gasteiger partial charge in [-0.1, -0.05) is 0 Å². The maximum Gasteiger partial charge on any atom is 0.225 e. The summed E-state index contributed by atoms with van der Waals surface area (Å²) in [5, 5.41) is 10.2. The van der Waals surface area contributed by atoms with Gasteiger partial charge in [0.1, 0.15) is 0 Å². The van der Waals surface area contributed by atoms with Gasteiger partial charge in [0.05, 0.1) is 11.9 Å². The highest BCUT2D eigenvalue weighted by Gasteiger charge is 2.33. The molecule has 0 atom stereocenters. The topological polar surface area (TPSA) is 65.1 Å². The number of carbonyl (C=O) groups is 1. The summed E-state index contributed by atoms with van der Waals surface area (Å²) in [4.78, 5) is 21.0. The van der Waals surface area contributed by atoms with Crippen LogP contribution in [0.2, 0.25) is 0 Å². The van der Waals surface area contributed by atoms with E-state index in [1.165, 1.54) is 24.1 Å². The highest BCUT2D eigenvalue weighted by Crippen LogP contribution is 2.34. The number of aromatic nitrogens is 3. The Kier molecular flexibility index (Phi) is 4.60. The Bertz CT molecular complexity index is 742. The van der Waals surface area contributed by atoms with Gasteiger partial charge in [0.2, 0.25) is 5.91 Å². The standard InChI is InChI=1S/C18H25N5OS/c1-12-17(9-19-21-12)14-5-7-22(8-6-14)10-15-11-25-18(20-15)23(13(2)24)16-3-4-16/h9,11,14,16H,3-8,10H2,1-2H3,(H,19,21). The van der Waals surface area contributed by atoms with Gasteiger partial charge >= 0.3 is 0 Å². The minimum atomic E-state index is 0.111. The second-order valence-corrected chi connectivity index (χ2v) is 8.08. The molecule has 0 radical (unpaired) electrons. The Labute approximate surface area is 152 Å². The van der Waals surface area contributed by atoms with Crippen LogP contribution in [0.15, 0.2) is 11.6 Å². The molecule has 1 amide bonds. The molecule has 1 saturated carbocycles. The van der Waals surface area contributed by atoms with Crippen molar-refractivity contribution in [3.8, 4) is 0 Å². The molecule has 0 bridgehead atoms. The van der Waals surface area contributed by atoms with Gasteiger partial charge in [-0.2, -0.15) is 5.10 Å². The van der Waals surface area contributed by atoms with Crippen LogP contribution in [0.1, 0.15) is 55.5 Å². The molecule has 0 unspecified atom stereocenters. The Balaban J connectivity index is 1.34. The smallest absolute Gasteiger partial charge is 0.225 e. The minimum absolute atomic E-state index is 0.111. The van der Waals surface area contributed by atoms with Crippen molar-refractivity contribution in [2.24, 2.45) is 0 Å². The molecule has 6 nitrogen and oxygen atoms in total. The van der Waals surface area contributed by atoms with Crippen molar-refractivity contribution in [2.45, 2.75) is 58.0 Å². The van der Waals surface area contributed by atoms with Crippen molar-refractivity contribution in [3.05, 3.63) is 28.5 Å². The van der Waals surface area contributed by atoms with Crippen molar-refractivity contribution in [3.63, 3.8) is 0 Å². The van der Waals surface area contributed by atoms with Crippen molar-refractivity contribution >= 4 is 22.4 Å². The van der Waals surface area contributed by atoms with Crippen LogP contribution >= 0.6 is 11.3 Å². The van der Waals surface area contributed by atoms with Gasteiger partial charge in [-0.05, 0) is 57.2 Å². The average Bonchev–Trinajstić information content (AvgIpc) is 3.15. The zero-order chi connectivity index (χ0) is 17.4. The molecule has 1 N–H and O–H groups in total. The first-order valence-electron chi connectivity index (χ1n) is 9.08. The van der Waals surface area contributed by atoms with E-state index in [2.05, 4.69) is 27.4 Å². The number of nitrogens with zero attached hydrogens (tertiary/aromatic N) is 4. The largest absolute Gasteiger partial charge is 0.297 e. The first-order chi connectivity index (χ1) is 12.1. The van der Waals surface area contributed by atoms with Crippen LogP contribution in [0.25, 0.3) is 0 Å². The fourth-order valence-electron chi connectivity index (χ4n) is 3.76. The maximum atomic E-state index is 11.9. The van der Waals surface area contributed by atoms with E-state index < -0.39 is 0 Å². The van der Waals surface area contributed by atoms with E-state index in [1.807, 2.05) is 11.1 Å². The molecule has 0 aromatic carbocycles. The van der Waals surface area contributed by atoms with Crippen LogP contribution in [0.5, 0.6) is 0 Å². The zero-order valence-electron chi connectivity index (χ0n) is 14.9. The summed E-state index contributed by atoms with van der Waals surface area (Å²) in [6, 6.07) is 0.380. The lowest BCUT2D eigenvalue weighted by atomic mass is 9.90. The van der Waals surface area contributed by atoms with Gasteiger partial charge in [0, 0.05) is 30.6 Å². The van der Waals surface area contributed by atoms with E-state index in [4.69, 9.17) is 4.98 Å². The molecule has 2 aromatic heterocycles. The molecular formula is C18H25N5OS. The molecule has 2 fully saturated rings. The Morgan fingerprint density at radius 3 is 2.72 bits per heavy atom. The van der Waals surface area contributed by atoms with Gasteiger partial charge in [0.15, 0.2) is 5.13 Å². The number of piperidine rings is 1. The van der Waals surface area contributed by atoms with Crippen molar-refractivity contribution in [1.82, 2.24) is 20.1 Å². The second-order valence-electron chi connectivity index (χ2n) is 7.24. The van der Waals surface area contributed by atoms with Gasteiger partial charge in [-0.15, -0.1) is 11.3 Å². The average molecular weight is 359 g/mol. The third-order valence-electron chi connectivity index (χ3n) is 5.28. The minimum Gasteiger partial charge on any atom is -0.297 e. The highest BCUT2D eigenvalue weighted by molar-refractivity contribution is 7.14. The maximum absolute atomic E-state index is 11.9. The lowest BCUT2D eigenvalue weighted by molar-refractivity contribution is -0.116. The fourth-order valence-corrected chi connectivity index (χ4v) is 4.69. The number of hydrogen-bond acceptors (Lipinski definition) is 5. The molecule has 3 heterocycles. The summed E-state index contributed by atoms with van der Waals surface area (Å²) >= 11 is 1.60. The number of aromatic amines is 1. The molecule has 7 heteroatoms. The first kappa shape index (κ1) is 16.7. The number of thiazole rings is 1. The molecule has 25 heavy (non-hydrogen) atoms. The molecule has 2 aliphatic rings. The lowest BCUT2D eigenvalue weighted by Gasteiger charge is -2.31. The Hall–Kier alpha value is -1.73. The lowest BCUT2D eigenvalue weighted by Crippen LogP contribution is -2.33. The molecule has 1 aliphatic carbocycles. The van der Waals surface area contributed by atoms with Crippen LogP contribution in [0.4, 0.5) is 5.13 Å². The molecule has 4 rings (SSSR count). The Morgan fingerprint density at radius 2 is 2.12 bits per heavy atom. The SMILES string of the molecule is CC(=O)N(c1nc(CN2CCC(c3cn[nH]c3C)CC2)cs1)C1CC1. The molecule has 134 valence electrons. The number of anilines is 1. The number of H-pyrrole nitrogens is 1. The third-order valence-corrected chi connectivity index (χ3v) is 6.17. The first-order valence-corrected chi connectivity index (χ1v) is 9.96. The summed E-state index contributed by atoms with van der Waals surface area (Å²) in [6.45, 7) is 6.79. The monoisotopic (exact) mass is 359 g/mol. The summed E-state index contributed by atoms with van der Waals surface area (Å²) in [5.41, 5.74) is 3.66. The zero-order valence-corrected chi connectivity index (χ0v) is 15.7. The van der Waals surface area contributed by atoms with Crippen LogP contribution in [0.3, 0.4) is 0 Å². The van der Waals surface area contributed by atoms with Crippen LogP contribution in [0, 0.1) is 6.92 Å². The summed E-state index contributed by atoms with van der Waals surface area (Å²) < 4.78 is 0. The van der Waals surface area contributed by atoms with Crippen molar-refractivity contribution in [1.29, 1.82) is 0 Å². The van der Waals surface area contributed by atoms with Crippen LogP contribution < -0.4 is 4.90 Å². The Morgan fingerprint density at radius 1 is 1.36 bits per heavy atom. The predicted octanol–water partition coefficient (Wildman–Crippen LogP) is 3.07. The quantitative estimate of drug-likeness (QED) is 0.891. The number of nitrogens with one attached hydrogen (secondary N) is 1. The van der Waals surface area contributed by atoms with E-state index in [-0.39, 0.29) is 5.91 Å². The van der Waals surface area contributed by atoms with Crippen LogP contribution in [-0.4, -0.2) is 45.1 Å². The second kappa shape index (κ2) is 6.88. The van der Waals surface area contributed by atoms with E-state index in [0.29, 0.717) is 12.0 Å². The number of amides is 1. The number of rotatable bonds is 5. The number of likely N-dealkylation sites (tertiary alicyclic amines) is 1. The van der Waals surface area contributed by atoms with Gasteiger partial charge in [0.25, 0.3) is 0 Å². The molecule has 1 aliphatic heterocycles. The van der Waals surface area contributed by atoms with Gasteiger partial charge in [-0.3, -0.25) is 19.7 Å². The molecular weight excluding hydrogens is 334 g/mol. The summed E-state index contributed by atoms with van der Waals surface area (Å²) in [6.07, 6.45) is 6.53. The molecule has 2 aromatic rings. The molecule has 0 spiro atoms. The van der Waals surface area contributed by atoms with E-state index in [0.717, 1.165) is 43.3 Å². The highest BCUT2D eigenvalue weighted by atomic mass is 32.1.